The number of nitrogens with one attached hydrogen (secondary N) is 2. The number of nitrogens with zero attached hydrogens (tertiary/aromatic N) is 1. The Labute approximate surface area is 199 Å². The van der Waals surface area contributed by atoms with E-state index in [1.54, 1.807) is 13.0 Å². The molecule has 4 saturated carbocycles. The van der Waals surface area contributed by atoms with Gasteiger partial charge < -0.3 is 25.4 Å². The number of carbonyl (C=O) groups is 2. The largest absolute Gasteiger partial charge is 0.508 e. The molecule has 182 valence electrons. The van der Waals surface area contributed by atoms with Crippen LogP contribution in [-0.2, 0) is 4.79 Å². The lowest BCUT2D eigenvalue weighted by Crippen LogP contribution is -2.51. The molecule has 0 atom stereocenters. The van der Waals surface area contributed by atoms with E-state index in [9.17, 15) is 19.8 Å². The van der Waals surface area contributed by atoms with E-state index in [0.29, 0.717) is 29.9 Å². The van der Waals surface area contributed by atoms with Gasteiger partial charge in [-0.05, 0) is 80.8 Å². The molecule has 4 N–H and O–H groups in total. The first-order valence-electron chi connectivity index (χ1n) is 12.4. The molecule has 0 unspecified atom stereocenters. The minimum atomic E-state index is -0.458. The van der Waals surface area contributed by atoms with Crippen molar-refractivity contribution in [1.82, 2.24) is 10.5 Å². The molecule has 6 rings (SSSR count). The second-order valence-corrected chi connectivity index (χ2v) is 10.8. The summed E-state index contributed by atoms with van der Waals surface area (Å²) in [7, 11) is 0. The topological polar surface area (TPSA) is 125 Å². The second kappa shape index (κ2) is 8.32. The average Bonchev–Trinajstić information content (AvgIpc) is 3.16. The number of aromatic hydroxyl groups is 2. The van der Waals surface area contributed by atoms with E-state index in [2.05, 4.69) is 15.8 Å². The van der Waals surface area contributed by atoms with Gasteiger partial charge in [0.1, 0.15) is 17.2 Å². The summed E-state index contributed by atoms with van der Waals surface area (Å²) in [4.78, 5) is 26.5. The molecule has 34 heavy (non-hydrogen) atoms. The van der Waals surface area contributed by atoms with E-state index in [0.717, 1.165) is 19.3 Å². The normalized spacial score (nSPS) is 27.2. The van der Waals surface area contributed by atoms with Crippen molar-refractivity contribution >= 4 is 17.5 Å². The van der Waals surface area contributed by atoms with Crippen LogP contribution in [0.3, 0.4) is 0 Å². The van der Waals surface area contributed by atoms with E-state index in [1.807, 2.05) is 13.8 Å². The molecule has 0 spiro atoms. The minimum Gasteiger partial charge on any atom is -0.508 e. The van der Waals surface area contributed by atoms with Crippen molar-refractivity contribution in [2.45, 2.75) is 65.2 Å². The second-order valence-electron chi connectivity index (χ2n) is 10.8. The number of anilines is 1. The number of aromatic nitrogens is 1. The summed E-state index contributed by atoms with van der Waals surface area (Å²) in [5.41, 5.74) is 0.602. The third-order valence-corrected chi connectivity index (χ3v) is 8.01. The summed E-state index contributed by atoms with van der Waals surface area (Å²) in [6, 6.07) is 2.88. The van der Waals surface area contributed by atoms with Gasteiger partial charge >= 0.3 is 0 Å². The van der Waals surface area contributed by atoms with E-state index in [1.165, 1.54) is 25.3 Å². The van der Waals surface area contributed by atoms with Gasteiger partial charge in [-0.15, -0.1) is 0 Å². The van der Waals surface area contributed by atoms with Crippen LogP contribution in [-0.4, -0.2) is 33.7 Å². The summed E-state index contributed by atoms with van der Waals surface area (Å²) in [5.74, 6) is 1.08. The van der Waals surface area contributed by atoms with Gasteiger partial charge in [0.05, 0.1) is 11.0 Å². The molecule has 1 aromatic carbocycles. The van der Waals surface area contributed by atoms with E-state index in [4.69, 9.17) is 4.52 Å². The van der Waals surface area contributed by atoms with Gasteiger partial charge in [0, 0.05) is 12.6 Å². The van der Waals surface area contributed by atoms with Crippen molar-refractivity contribution in [2.75, 3.05) is 11.9 Å². The number of rotatable bonds is 6. The third kappa shape index (κ3) is 3.73. The molecule has 8 heteroatoms. The lowest BCUT2D eigenvalue weighted by atomic mass is 9.49. The van der Waals surface area contributed by atoms with Crippen LogP contribution >= 0.6 is 0 Å². The van der Waals surface area contributed by atoms with Crippen LogP contribution in [0.4, 0.5) is 5.69 Å². The Kier molecular flexibility index (Phi) is 5.57. The van der Waals surface area contributed by atoms with Crippen molar-refractivity contribution in [3.05, 3.63) is 23.4 Å². The molecule has 1 aromatic heterocycles. The minimum absolute atomic E-state index is 0.0183. The third-order valence-electron chi connectivity index (χ3n) is 8.01. The molecule has 8 nitrogen and oxygen atoms in total. The Hall–Kier alpha value is -3.03. The van der Waals surface area contributed by atoms with Crippen LogP contribution in [0.25, 0.3) is 11.3 Å². The fourth-order valence-electron chi connectivity index (χ4n) is 6.86. The first kappa shape index (κ1) is 22.7. The summed E-state index contributed by atoms with van der Waals surface area (Å²) in [6.45, 7) is 6.04. The molecule has 1 heterocycles. The van der Waals surface area contributed by atoms with Crippen LogP contribution in [0.5, 0.6) is 11.5 Å². The predicted octanol–water partition coefficient (Wildman–Crippen LogP) is 4.78. The van der Waals surface area contributed by atoms with Gasteiger partial charge in [-0.1, -0.05) is 19.0 Å². The lowest BCUT2D eigenvalue weighted by Gasteiger charge is -2.55. The van der Waals surface area contributed by atoms with Gasteiger partial charge in [0.25, 0.3) is 5.91 Å². The lowest BCUT2D eigenvalue weighted by molar-refractivity contribution is -0.140. The molecule has 2 amide bonds. The number of amides is 2. The van der Waals surface area contributed by atoms with Gasteiger partial charge in [-0.3, -0.25) is 9.59 Å². The quantitative estimate of drug-likeness (QED) is 0.485. The molecule has 0 aliphatic heterocycles. The first-order valence-corrected chi connectivity index (χ1v) is 12.4. The monoisotopic (exact) mass is 467 g/mol. The van der Waals surface area contributed by atoms with E-state index in [-0.39, 0.29) is 46.0 Å². The van der Waals surface area contributed by atoms with Crippen molar-refractivity contribution in [3.8, 4) is 22.8 Å². The molecular formula is C26H33N3O5. The SMILES string of the molecule is CCNC(=O)c1noc(-c2cc(C(C)C)c(O)cc2O)c1NC(=O)C12CC3CC(CC(C3)C1)C2. The van der Waals surface area contributed by atoms with Crippen LogP contribution in [0.1, 0.15) is 81.3 Å². The Bertz CT molecular complexity index is 1100. The van der Waals surface area contributed by atoms with Crippen molar-refractivity contribution in [1.29, 1.82) is 0 Å². The summed E-state index contributed by atoms with van der Waals surface area (Å²) in [5, 5.41) is 30.6. The fraction of sp³-hybridized carbons (Fsp3) is 0.577. The first-order chi connectivity index (χ1) is 16.2. The summed E-state index contributed by atoms with van der Waals surface area (Å²) >= 11 is 0. The molecule has 4 fully saturated rings. The molecule has 4 aliphatic carbocycles. The molecular weight excluding hydrogens is 434 g/mol. The van der Waals surface area contributed by atoms with Crippen LogP contribution < -0.4 is 10.6 Å². The van der Waals surface area contributed by atoms with Crippen LogP contribution in [0.15, 0.2) is 16.7 Å². The van der Waals surface area contributed by atoms with Crippen molar-refractivity contribution < 1.29 is 24.3 Å². The fourth-order valence-corrected chi connectivity index (χ4v) is 6.86. The maximum absolute atomic E-state index is 13.8. The zero-order valence-corrected chi connectivity index (χ0v) is 20.0. The van der Waals surface area contributed by atoms with Gasteiger partial charge in [0.2, 0.25) is 5.91 Å². The number of benzene rings is 1. The summed E-state index contributed by atoms with van der Waals surface area (Å²) < 4.78 is 5.56. The Balaban J connectivity index is 1.55. The number of phenols is 2. The van der Waals surface area contributed by atoms with Crippen molar-refractivity contribution in [2.24, 2.45) is 23.2 Å². The van der Waals surface area contributed by atoms with Gasteiger partial charge in [-0.2, -0.15) is 0 Å². The number of hydrogen-bond donors (Lipinski definition) is 4. The smallest absolute Gasteiger partial charge is 0.275 e. The zero-order valence-electron chi connectivity index (χ0n) is 20.0. The zero-order chi connectivity index (χ0) is 24.2. The van der Waals surface area contributed by atoms with Crippen LogP contribution in [0, 0.1) is 23.2 Å². The highest BCUT2D eigenvalue weighted by Crippen LogP contribution is 2.60. The standard InChI is InChI=1S/C26H33N3O5/c1-4-27-24(32)22-21(23(34-29-22)18-8-17(13(2)3)19(30)9-20(18)31)28-25(33)26-10-14-5-15(11-26)7-16(6-14)12-26/h8-9,13-16,30-31H,4-7,10-12H2,1-3H3,(H,27,32)(H,28,33). The molecule has 2 aromatic rings. The highest BCUT2D eigenvalue weighted by molar-refractivity contribution is 6.07. The molecule has 4 bridgehead atoms. The maximum Gasteiger partial charge on any atom is 0.275 e. The number of phenolic OH excluding ortho intramolecular Hbond substituents is 2. The Morgan fingerprint density at radius 2 is 1.71 bits per heavy atom. The van der Waals surface area contributed by atoms with E-state index < -0.39 is 11.3 Å². The Morgan fingerprint density at radius 1 is 1.09 bits per heavy atom. The Morgan fingerprint density at radius 3 is 2.26 bits per heavy atom. The summed E-state index contributed by atoms with van der Waals surface area (Å²) in [6.07, 6.45) is 6.29. The van der Waals surface area contributed by atoms with Gasteiger partial charge in [-0.25, -0.2) is 0 Å². The maximum atomic E-state index is 13.8. The molecule has 4 aliphatic rings. The average molecular weight is 468 g/mol. The number of carbonyl (C=O) groups excluding carboxylic acids is 2. The number of hydrogen-bond acceptors (Lipinski definition) is 6. The predicted molar refractivity (Wildman–Crippen MR) is 127 cm³/mol. The molecule has 0 saturated heterocycles. The highest BCUT2D eigenvalue weighted by Gasteiger charge is 2.55. The van der Waals surface area contributed by atoms with E-state index >= 15 is 0 Å². The highest BCUT2D eigenvalue weighted by atomic mass is 16.5. The van der Waals surface area contributed by atoms with Crippen molar-refractivity contribution in [3.63, 3.8) is 0 Å². The van der Waals surface area contributed by atoms with Crippen LogP contribution in [0.2, 0.25) is 0 Å². The molecule has 0 radical (unpaired) electrons. The van der Waals surface area contributed by atoms with Gasteiger partial charge in [0.15, 0.2) is 11.5 Å².